The molecule has 0 spiro atoms. The van der Waals surface area contributed by atoms with E-state index in [4.69, 9.17) is 0 Å². The fourth-order valence-electron chi connectivity index (χ4n) is 2.47. The molecule has 0 saturated carbocycles. The molecule has 0 aromatic carbocycles. The van der Waals surface area contributed by atoms with Gasteiger partial charge in [0.25, 0.3) is 0 Å². The minimum absolute atomic E-state index is 0.264. The Morgan fingerprint density at radius 1 is 1.40 bits per heavy atom. The topological polar surface area (TPSA) is 62.3 Å². The zero-order chi connectivity index (χ0) is 14.6. The number of aromatic nitrogens is 1. The molecule has 1 aromatic heterocycles. The van der Waals surface area contributed by atoms with Gasteiger partial charge in [-0.1, -0.05) is 0 Å². The number of hydrogen-bond acceptors (Lipinski definition) is 4. The van der Waals surface area contributed by atoms with E-state index in [0.29, 0.717) is 23.5 Å². The van der Waals surface area contributed by atoms with Crippen LogP contribution in [0.2, 0.25) is 0 Å². The van der Waals surface area contributed by atoms with Crippen LogP contribution >= 0.6 is 15.9 Å². The lowest BCUT2D eigenvalue weighted by atomic mass is 9.95. The molecule has 1 saturated heterocycles. The second-order valence-electron chi connectivity index (χ2n) is 5.08. The van der Waals surface area contributed by atoms with E-state index in [1.807, 2.05) is 7.05 Å². The van der Waals surface area contributed by atoms with E-state index in [1.54, 1.807) is 16.6 Å². The average Bonchev–Trinajstić information content (AvgIpc) is 2.45. The van der Waals surface area contributed by atoms with E-state index in [9.17, 15) is 8.42 Å². The van der Waals surface area contributed by atoms with Crippen LogP contribution in [0.5, 0.6) is 0 Å². The van der Waals surface area contributed by atoms with Crippen molar-refractivity contribution >= 4 is 26.0 Å². The first-order valence-corrected chi connectivity index (χ1v) is 9.02. The number of piperidine rings is 1. The molecule has 2 rings (SSSR count). The first kappa shape index (κ1) is 15.9. The van der Waals surface area contributed by atoms with Gasteiger partial charge in [0.15, 0.2) is 0 Å². The lowest BCUT2D eigenvalue weighted by molar-refractivity contribution is 0.263. The molecule has 0 aliphatic carbocycles. The minimum atomic E-state index is -3.40. The summed E-state index contributed by atoms with van der Waals surface area (Å²) in [5.74, 6) is 0.620. The van der Waals surface area contributed by atoms with Crippen LogP contribution in [-0.4, -0.2) is 44.4 Å². The highest BCUT2D eigenvalue weighted by molar-refractivity contribution is 9.10. The van der Waals surface area contributed by atoms with Gasteiger partial charge in [0.05, 0.1) is 0 Å². The summed E-state index contributed by atoms with van der Waals surface area (Å²) < 4.78 is 27.3. The molecule has 0 amide bonds. The first-order chi connectivity index (χ1) is 9.54. The van der Waals surface area contributed by atoms with Crippen LogP contribution in [0.4, 0.5) is 0 Å². The number of pyridine rings is 1. The van der Waals surface area contributed by atoms with E-state index < -0.39 is 10.0 Å². The third kappa shape index (κ3) is 3.78. The van der Waals surface area contributed by atoms with Gasteiger partial charge in [0.1, 0.15) is 4.90 Å². The van der Waals surface area contributed by atoms with E-state index in [2.05, 4.69) is 26.2 Å². The molecule has 1 aliphatic rings. The predicted octanol–water partition coefficient (Wildman–Crippen LogP) is 1.85. The highest BCUT2D eigenvalue weighted by atomic mass is 79.9. The van der Waals surface area contributed by atoms with Crippen LogP contribution in [0.3, 0.4) is 0 Å². The first-order valence-electron chi connectivity index (χ1n) is 6.79. The van der Waals surface area contributed by atoms with Crippen molar-refractivity contribution < 1.29 is 8.42 Å². The lowest BCUT2D eigenvalue weighted by Crippen LogP contribution is -2.38. The summed E-state index contributed by atoms with van der Waals surface area (Å²) >= 11 is 3.26. The van der Waals surface area contributed by atoms with Crippen LogP contribution in [0.25, 0.3) is 0 Å². The molecule has 0 bridgehead atoms. The minimum Gasteiger partial charge on any atom is -0.320 e. The fourth-order valence-corrected chi connectivity index (χ4v) is 4.45. The van der Waals surface area contributed by atoms with E-state index in [1.165, 1.54) is 6.20 Å². The highest BCUT2D eigenvalue weighted by Crippen LogP contribution is 2.26. The lowest BCUT2D eigenvalue weighted by Gasteiger charge is -2.31. The number of rotatable bonds is 5. The van der Waals surface area contributed by atoms with Gasteiger partial charge in [-0.2, -0.15) is 4.31 Å². The van der Waals surface area contributed by atoms with Gasteiger partial charge >= 0.3 is 0 Å². The largest absolute Gasteiger partial charge is 0.320 e. The van der Waals surface area contributed by atoms with Crippen molar-refractivity contribution in [1.29, 1.82) is 0 Å². The summed E-state index contributed by atoms with van der Waals surface area (Å²) in [4.78, 5) is 4.20. The van der Waals surface area contributed by atoms with Crippen LogP contribution in [0.1, 0.15) is 19.3 Å². The van der Waals surface area contributed by atoms with Gasteiger partial charge in [-0.3, -0.25) is 4.98 Å². The summed E-state index contributed by atoms with van der Waals surface area (Å²) in [5, 5.41) is 3.14. The molecular formula is C13H20BrN3O2S. The Labute approximate surface area is 129 Å². The van der Waals surface area contributed by atoms with Crippen LogP contribution in [0.15, 0.2) is 27.8 Å². The van der Waals surface area contributed by atoms with E-state index >= 15 is 0 Å². The van der Waals surface area contributed by atoms with Crippen molar-refractivity contribution in [3.05, 3.63) is 22.9 Å². The van der Waals surface area contributed by atoms with Crippen molar-refractivity contribution in [3.8, 4) is 0 Å². The second kappa shape index (κ2) is 6.98. The Balaban J connectivity index is 2.02. The molecule has 1 aliphatic heterocycles. The molecule has 2 heterocycles. The Morgan fingerprint density at radius 2 is 2.10 bits per heavy atom. The Kier molecular flexibility index (Phi) is 5.54. The molecule has 7 heteroatoms. The quantitative estimate of drug-likeness (QED) is 0.869. The van der Waals surface area contributed by atoms with Gasteiger partial charge in [0.2, 0.25) is 10.0 Å². The molecule has 0 unspecified atom stereocenters. The molecule has 0 atom stereocenters. The van der Waals surface area contributed by atoms with Crippen LogP contribution in [0, 0.1) is 5.92 Å². The maximum Gasteiger partial charge on any atom is 0.244 e. The number of hydrogen-bond donors (Lipinski definition) is 1. The predicted molar refractivity (Wildman–Crippen MR) is 82.0 cm³/mol. The monoisotopic (exact) mass is 361 g/mol. The summed E-state index contributed by atoms with van der Waals surface area (Å²) in [7, 11) is -1.46. The Morgan fingerprint density at radius 3 is 2.70 bits per heavy atom. The van der Waals surface area contributed by atoms with Crippen LogP contribution < -0.4 is 5.32 Å². The van der Waals surface area contributed by atoms with Crippen molar-refractivity contribution in [2.45, 2.75) is 24.2 Å². The fraction of sp³-hybridized carbons (Fsp3) is 0.615. The van der Waals surface area contributed by atoms with E-state index in [0.717, 1.165) is 25.8 Å². The van der Waals surface area contributed by atoms with Crippen molar-refractivity contribution in [3.63, 3.8) is 0 Å². The molecule has 5 nitrogen and oxygen atoms in total. The van der Waals surface area contributed by atoms with Crippen molar-refractivity contribution in [2.75, 3.05) is 26.7 Å². The Bertz CT molecular complexity index is 542. The maximum atomic E-state index is 12.5. The van der Waals surface area contributed by atoms with Gasteiger partial charge in [0, 0.05) is 30.0 Å². The zero-order valence-electron chi connectivity index (χ0n) is 11.5. The van der Waals surface area contributed by atoms with Crippen LogP contribution in [-0.2, 0) is 10.0 Å². The summed E-state index contributed by atoms with van der Waals surface area (Å²) in [6, 6.07) is 1.61. The molecule has 1 N–H and O–H groups in total. The highest BCUT2D eigenvalue weighted by Gasteiger charge is 2.29. The SMILES string of the molecule is CNCCC1CCN(S(=O)(=O)c2cncc(Br)c2)CC1. The number of sulfonamides is 1. The van der Waals surface area contributed by atoms with Gasteiger partial charge < -0.3 is 5.32 Å². The molecule has 0 radical (unpaired) electrons. The third-order valence-corrected chi connectivity index (χ3v) is 5.99. The summed E-state index contributed by atoms with van der Waals surface area (Å²) in [6.45, 7) is 2.19. The normalized spacial score (nSPS) is 18.3. The molecule has 1 aromatic rings. The smallest absolute Gasteiger partial charge is 0.244 e. The maximum absolute atomic E-state index is 12.5. The third-order valence-electron chi connectivity index (χ3n) is 3.69. The number of nitrogens with one attached hydrogen (secondary N) is 1. The number of nitrogens with zero attached hydrogens (tertiary/aromatic N) is 2. The van der Waals surface area contributed by atoms with Crippen molar-refractivity contribution in [2.24, 2.45) is 5.92 Å². The average molecular weight is 362 g/mol. The van der Waals surface area contributed by atoms with Gasteiger partial charge in [-0.05, 0) is 60.8 Å². The number of halogens is 1. The van der Waals surface area contributed by atoms with E-state index in [-0.39, 0.29) is 4.90 Å². The standard InChI is InChI=1S/C13H20BrN3O2S/c1-15-5-2-11-3-6-17(7-4-11)20(18,19)13-8-12(14)9-16-10-13/h8-11,15H,2-7H2,1H3. The molecule has 20 heavy (non-hydrogen) atoms. The summed E-state index contributed by atoms with van der Waals surface area (Å²) in [6.07, 6.45) is 5.98. The Hall–Kier alpha value is -0.500. The molecular weight excluding hydrogens is 342 g/mol. The van der Waals surface area contributed by atoms with Crippen molar-refractivity contribution in [1.82, 2.24) is 14.6 Å². The van der Waals surface area contributed by atoms with Gasteiger partial charge in [-0.25, -0.2) is 8.42 Å². The second-order valence-corrected chi connectivity index (χ2v) is 7.93. The molecule has 1 fully saturated rings. The van der Waals surface area contributed by atoms with Gasteiger partial charge in [-0.15, -0.1) is 0 Å². The molecule has 112 valence electrons. The summed E-state index contributed by atoms with van der Waals surface area (Å²) in [5.41, 5.74) is 0. The zero-order valence-corrected chi connectivity index (χ0v) is 14.0.